The van der Waals surface area contributed by atoms with Crippen LogP contribution in [-0.4, -0.2) is 50.8 Å². The molecule has 178 valence electrons. The van der Waals surface area contributed by atoms with Gasteiger partial charge in [-0.2, -0.15) is 13.2 Å². The molecular weight excluding hydrogens is 480 g/mol. The SMILES string of the molecule is O=C(c1nc2c(C(F)(F)F)cc(C3CC3)cn2c1Cl)N1CCN(c2ccc(O)c(F)c2)C(=O)C1. The highest BCUT2D eigenvalue weighted by Gasteiger charge is 2.38. The Balaban J connectivity index is 1.44. The van der Waals surface area contributed by atoms with Crippen LogP contribution >= 0.6 is 11.6 Å². The molecule has 0 spiro atoms. The molecule has 1 saturated heterocycles. The third-order valence-electron chi connectivity index (χ3n) is 5.99. The molecule has 1 aliphatic carbocycles. The normalized spacial score (nSPS) is 17.0. The summed E-state index contributed by atoms with van der Waals surface area (Å²) in [5, 5.41) is 9.07. The molecule has 0 bridgehead atoms. The van der Waals surface area contributed by atoms with Crippen LogP contribution in [0.2, 0.25) is 5.15 Å². The fraction of sp³-hybridized carbons (Fsp3) is 0.318. The van der Waals surface area contributed by atoms with Crippen molar-refractivity contribution >= 4 is 34.7 Å². The minimum Gasteiger partial charge on any atom is -0.505 e. The Labute approximate surface area is 195 Å². The van der Waals surface area contributed by atoms with Crippen LogP contribution in [0, 0.1) is 5.82 Å². The van der Waals surface area contributed by atoms with Crippen molar-refractivity contribution in [3.8, 4) is 5.75 Å². The summed E-state index contributed by atoms with van der Waals surface area (Å²) in [6.07, 6.45) is -1.67. The van der Waals surface area contributed by atoms with Gasteiger partial charge in [0.15, 0.2) is 22.9 Å². The fourth-order valence-corrected chi connectivity index (χ4v) is 4.31. The number of phenols is 1. The number of hydrogen-bond donors (Lipinski definition) is 1. The van der Waals surface area contributed by atoms with E-state index in [0.29, 0.717) is 5.56 Å². The number of pyridine rings is 1. The summed E-state index contributed by atoms with van der Waals surface area (Å²) in [5.41, 5.74) is -1.15. The number of hydrogen-bond acceptors (Lipinski definition) is 4. The number of nitrogens with zero attached hydrogens (tertiary/aromatic N) is 4. The number of phenolic OH excluding ortho intramolecular Hbond substituents is 1. The average Bonchev–Trinajstić information content (AvgIpc) is 3.58. The quantitative estimate of drug-likeness (QED) is 0.551. The Morgan fingerprint density at radius 1 is 1.18 bits per heavy atom. The first-order valence-corrected chi connectivity index (χ1v) is 10.8. The molecule has 2 fully saturated rings. The van der Waals surface area contributed by atoms with Crippen LogP contribution in [0.5, 0.6) is 5.75 Å². The van der Waals surface area contributed by atoms with Crippen molar-refractivity contribution in [3.05, 3.63) is 58.3 Å². The monoisotopic (exact) mass is 496 g/mol. The van der Waals surface area contributed by atoms with Gasteiger partial charge >= 0.3 is 6.18 Å². The minimum absolute atomic E-state index is 0.0125. The van der Waals surface area contributed by atoms with Gasteiger partial charge < -0.3 is 14.9 Å². The molecule has 2 aromatic heterocycles. The predicted molar refractivity (Wildman–Crippen MR) is 114 cm³/mol. The van der Waals surface area contributed by atoms with Crippen LogP contribution < -0.4 is 4.90 Å². The first-order chi connectivity index (χ1) is 16.0. The Bertz CT molecular complexity index is 1340. The highest BCUT2D eigenvalue weighted by atomic mass is 35.5. The molecule has 0 unspecified atom stereocenters. The number of carbonyl (C=O) groups is 2. The van der Waals surface area contributed by atoms with Gasteiger partial charge in [0.25, 0.3) is 5.91 Å². The summed E-state index contributed by atoms with van der Waals surface area (Å²) in [7, 11) is 0. The van der Waals surface area contributed by atoms with E-state index >= 15 is 0 Å². The number of halogens is 5. The molecule has 1 aliphatic heterocycles. The molecule has 5 rings (SSSR count). The molecule has 3 aromatic rings. The summed E-state index contributed by atoms with van der Waals surface area (Å²) in [4.78, 5) is 32.0. The minimum atomic E-state index is -4.69. The predicted octanol–water partition coefficient (Wildman–Crippen LogP) is 4.22. The van der Waals surface area contributed by atoms with E-state index in [-0.39, 0.29) is 35.5 Å². The van der Waals surface area contributed by atoms with Crippen molar-refractivity contribution in [1.29, 1.82) is 0 Å². The van der Waals surface area contributed by atoms with Crippen LogP contribution in [0.4, 0.5) is 23.2 Å². The molecule has 0 atom stereocenters. The van der Waals surface area contributed by atoms with Gasteiger partial charge in [0.2, 0.25) is 5.91 Å². The number of fused-ring (bicyclic) bond motifs is 1. The van der Waals surface area contributed by atoms with Gasteiger partial charge in [-0.15, -0.1) is 0 Å². The van der Waals surface area contributed by atoms with E-state index in [1.807, 2.05) is 0 Å². The maximum atomic E-state index is 13.7. The standard InChI is InChI=1S/C22H17ClF4N4O3/c23-19-18(28-20-14(22(25,26)27)7-12(9-31(19)20)11-1-2-11)21(34)29-5-6-30(17(33)10-29)13-3-4-16(32)15(24)8-13/h3-4,7-9,11,32H,1-2,5-6,10H2. The maximum absolute atomic E-state index is 13.7. The lowest BCUT2D eigenvalue weighted by Crippen LogP contribution is -2.52. The van der Waals surface area contributed by atoms with Crippen molar-refractivity contribution < 1.29 is 32.3 Å². The van der Waals surface area contributed by atoms with Gasteiger partial charge in [-0.3, -0.25) is 14.0 Å². The molecule has 2 amide bonds. The second kappa shape index (κ2) is 7.86. The second-order valence-electron chi connectivity index (χ2n) is 8.31. The maximum Gasteiger partial charge on any atom is 0.419 e. The first-order valence-electron chi connectivity index (χ1n) is 10.4. The summed E-state index contributed by atoms with van der Waals surface area (Å²) in [6, 6.07) is 4.52. The van der Waals surface area contributed by atoms with Gasteiger partial charge in [0.1, 0.15) is 11.7 Å². The fourth-order valence-electron chi connectivity index (χ4n) is 4.06. The van der Waals surface area contributed by atoms with Gasteiger partial charge in [0.05, 0.1) is 5.56 Å². The number of anilines is 1. The van der Waals surface area contributed by atoms with E-state index in [2.05, 4.69) is 4.98 Å². The van der Waals surface area contributed by atoms with Crippen molar-refractivity contribution in [1.82, 2.24) is 14.3 Å². The first kappa shape index (κ1) is 22.5. The topological polar surface area (TPSA) is 78.2 Å². The Morgan fingerprint density at radius 2 is 1.91 bits per heavy atom. The molecule has 2 aliphatic rings. The molecular formula is C22H17ClF4N4O3. The number of rotatable bonds is 3. The lowest BCUT2D eigenvalue weighted by Gasteiger charge is -2.34. The molecule has 1 aromatic carbocycles. The zero-order valence-corrected chi connectivity index (χ0v) is 18.2. The summed E-state index contributed by atoms with van der Waals surface area (Å²) in [6.45, 7) is -0.360. The van der Waals surface area contributed by atoms with Gasteiger partial charge in [-0.05, 0) is 42.5 Å². The van der Waals surface area contributed by atoms with Crippen LogP contribution in [0.25, 0.3) is 5.65 Å². The molecule has 7 nitrogen and oxygen atoms in total. The smallest absolute Gasteiger partial charge is 0.419 e. The van der Waals surface area contributed by atoms with Crippen molar-refractivity contribution in [2.45, 2.75) is 24.9 Å². The van der Waals surface area contributed by atoms with Crippen LogP contribution in [0.15, 0.2) is 30.5 Å². The molecule has 12 heteroatoms. The lowest BCUT2D eigenvalue weighted by molar-refractivity contribution is -0.136. The zero-order chi connectivity index (χ0) is 24.4. The number of aromatic hydroxyl groups is 1. The molecule has 1 saturated carbocycles. The van der Waals surface area contributed by atoms with Crippen molar-refractivity contribution in [3.63, 3.8) is 0 Å². The third-order valence-corrected chi connectivity index (χ3v) is 6.35. The number of carbonyl (C=O) groups excluding carboxylic acids is 2. The third kappa shape index (κ3) is 3.83. The number of aromatic nitrogens is 2. The second-order valence-corrected chi connectivity index (χ2v) is 8.67. The average molecular weight is 497 g/mol. The molecule has 3 heterocycles. The van der Waals surface area contributed by atoms with Crippen LogP contribution in [-0.2, 0) is 11.0 Å². The summed E-state index contributed by atoms with van der Waals surface area (Å²) < 4.78 is 55.9. The van der Waals surface area contributed by atoms with E-state index in [1.54, 1.807) is 0 Å². The van der Waals surface area contributed by atoms with Crippen LogP contribution in [0.3, 0.4) is 0 Å². The van der Waals surface area contributed by atoms with Crippen molar-refractivity contribution in [2.75, 3.05) is 24.5 Å². The molecule has 0 radical (unpaired) electrons. The Kier molecular flexibility index (Phi) is 5.19. The highest BCUT2D eigenvalue weighted by Crippen LogP contribution is 2.43. The largest absolute Gasteiger partial charge is 0.505 e. The van der Waals surface area contributed by atoms with E-state index in [0.717, 1.165) is 40.3 Å². The molecule has 34 heavy (non-hydrogen) atoms. The van der Waals surface area contributed by atoms with Crippen molar-refractivity contribution in [2.24, 2.45) is 0 Å². The Hall–Kier alpha value is -3.34. The van der Waals surface area contributed by atoms with E-state index in [1.165, 1.54) is 17.2 Å². The lowest BCUT2D eigenvalue weighted by atomic mass is 10.1. The summed E-state index contributed by atoms with van der Waals surface area (Å²) >= 11 is 6.31. The number of alkyl halides is 3. The number of amides is 2. The highest BCUT2D eigenvalue weighted by molar-refractivity contribution is 6.33. The number of piperazine rings is 1. The van der Waals surface area contributed by atoms with E-state index < -0.39 is 47.3 Å². The van der Waals surface area contributed by atoms with E-state index in [9.17, 15) is 32.3 Å². The van der Waals surface area contributed by atoms with Gasteiger partial charge in [-0.25, -0.2) is 9.37 Å². The van der Waals surface area contributed by atoms with Crippen LogP contribution in [0.1, 0.15) is 40.4 Å². The van der Waals surface area contributed by atoms with Gasteiger partial charge in [-0.1, -0.05) is 11.6 Å². The number of benzene rings is 1. The summed E-state index contributed by atoms with van der Waals surface area (Å²) in [5.74, 6) is -2.75. The Morgan fingerprint density at radius 3 is 2.53 bits per heavy atom. The molecule has 1 N–H and O–H groups in total. The van der Waals surface area contributed by atoms with E-state index in [4.69, 9.17) is 11.6 Å². The number of imidazole rings is 1. The zero-order valence-electron chi connectivity index (χ0n) is 17.4. The van der Waals surface area contributed by atoms with Gasteiger partial charge in [0, 0.05) is 31.0 Å².